The molecule has 0 atom stereocenters. The molecule has 0 saturated heterocycles. The van der Waals surface area contributed by atoms with Crippen LogP contribution in [-0.2, 0) is 4.74 Å². The van der Waals surface area contributed by atoms with Crippen molar-refractivity contribution in [3.8, 4) is 5.75 Å². The predicted octanol–water partition coefficient (Wildman–Crippen LogP) is 2.24. The van der Waals surface area contributed by atoms with E-state index < -0.39 is 6.09 Å². The third kappa shape index (κ3) is 3.64. The van der Waals surface area contributed by atoms with E-state index >= 15 is 0 Å². The molecule has 1 N–H and O–H groups in total. The number of carbonyl (C=O) groups excluding carboxylic acids is 2. The second-order valence-corrected chi connectivity index (χ2v) is 3.08. The lowest BCUT2D eigenvalue weighted by Gasteiger charge is -2.08. The van der Waals surface area contributed by atoms with Crippen molar-refractivity contribution < 1.29 is 19.1 Å². The van der Waals surface area contributed by atoms with E-state index in [1.807, 2.05) is 0 Å². The molecule has 5 heteroatoms. The van der Waals surface area contributed by atoms with Gasteiger partial charge in [0, 0.05) is 5.56 Å². The number of hydrogen-bond acceptors (Lipinski definition) is 4. The van der Waals surface area contributed by atoms with Crippen molar-refractivity contribution in [2.75, 3.05) is 19.0 Å². The molecule has 1 aromatic rings. The zero-order valence-electron chi connectivity index (χ0n) is 9.43. The first-order chi connectivity index (χ1) is 8.21. The fourth-order valence-corrected chi connectivity index (χ4v) is 1.16. The first-order valence-corrected chi connectivity index (χ1v) is 4.89. The van der Waals surface area contributed by atoms with Gasteiger partial charge in [0.25, 0.3) is 0 Å². The van der Waals surface area contributed by atoms with Gasteiger partial charge in [0.15, 0.2) is 6.29 Å². The average molecular weight is 235 g/mol. The molecule has 0 fully saturated rings. The number of nitrogens with one attached hydrogen (secondary N) is 1. The largest absolute Gasteiger partial charge is 0.497 e. The standard InChI is InChI=1S/C12H13NO4/c1-3-6-17-12(15)13-11-5-4-10(16-2)7-9(11)8-14/h3-5,7-8H,1,6H2,2H3,(H,13,15). The van der Waals surface area contributed by atoms with Crippen molar-refractivity contribution in [1.29, 1.82) is 0 Å². The molecule has 0 spiro atoms. The Bertz CT molecular complexity index is 429. The zero-order chi connectivity index (χ0) is 12.7. The van der Waals surface area contributed by atoms with E-state index in [-0.39, 0.29) is 6.61 Å². The van der Waals surface area contributed by atoms with Crippen molar-refractivity contribution in [2.24, 2.45) is 0 Å². The Labute approximate surface area is 99.0 Å². The second-order valence-electron chi connectivity index (χ2n) is 3.08. The van der Waals surface area contributed by atoms with Gasteiger partial charge in [-0.25, -0.2) is 4.79 Å². The number of ether oxygens (including phenoxy) is 2. The summed E-state index contributed by atoms with van der Waals surface area (Å²) in [7, 11) is 1.50. The highest BCUT2D eigenvalue weighted by atomic mass is 16.5. The molecule has 5 nitrogen and oxygen atoms in total. The highest BCUT2D eigenvalue weighted by Crippen LogP contribution is 2.20. The minimum atomic E-state index is -0.641. The van der Waals surface area contributed by atoms with Crippen LogP contribution in [0.15, 0.2) is 30.9 Å². The summed E-state index contributed by atoms with van der Waals surface area (Å²) in [6, 6.07) is 4.73. The van der Waals surface area contributed by atoms with E-state index in [9.17, 15) is 9.59 Å². The van der Waals surface area contributed by atoms with E-state index in [1.54, 1.807) is 12.1 Å². The number of rotatable bonds is 5. The van der Waals surface area contributed by atoms with Crippen LogP contribution < -0.4 is 10.1 Å². The maximum absolute atomic E-state index is 11.3. The third-order valence-corrected chi connectivity index (χ3v) is 1.95. The lowest BCUT2D eigenvalue weighted by atomic mass is 10.2. The maximum atomic E-state index is 11.3. The number of hydrogen-bond donors (Lipinski definition) is 1. The topological polar surface area (TPSA) is 64.6 Å². The van der Waals surface area contributed by atoms with Gasteiger partial charge in [0.1, 0.15) is 12.4 Å². The van der Waals surface area contributed by atoms with Gasteiger partial charge in [0.2, 0.25) is 0 Å². The van der Waals surface area contributed by atoms with Crippen LogP contribution in [-0.4, -0.2) is 26.1 Å². The lowest BCUT2D eigenvalue weighted by Crippen LogP contribution is -2.14. The summed E-state index contributed by atoms with van der Waals surface area (Å²) >= 11 is 0. The molecule has 0 aliphatic heterocycles. The molecule has 0 heterocycles. The summed E-state index contributed by atoms with van der Waals surface area (Å²) in [6.07, 6.45) is 1.44. The summed E-state index contributed by atoms with van der Waals surface area (Å²) in [4.78, 5) is 22.1. The van der Waals surface area contributed by atoms with Crippen LogP contribution >= 0.6 is 0 Å². The number of aldehydes is 1. The number of carbonyl (C=O) groups is 2. The summed E-state index contributed by atoms with van der Waals surface area (Å²) in [5.74, 6) is 0.539. The monoisotopic (exact) mass is 235 g/mol. The van der Waals surface area contributed by atoms with Gasteiger partial charge in [-0.15, -0.1) is 0 Å². The van der Waals surface area contributed by atoms with Crippen LogP contribution in [0.1, 0.15) is 10.4 Å². The fourth-order valence-electron chi connectivity index (χ4n) is 1.16. The third-order valence-electron chi connectivity index (χ3n) is 1.95. The van der Waals surface area contributed by atoms with Crippen molar-refractivity contribution in [3.63, 3.8) is 0 Å². The molecular formula is C12H13NO4. The quantitative estimate of drug-likeness (QED) is 0.628. The molecule has 1 rings (SSSR count). The Hall–Kier alpha value is -2.30. The Kier molecular flexibility index (Phi) is 4.75. The minimum Gasteiger partial charge on any atom is -0.497 e. The number of anilines is 1. The molecule has 1 amide bonds. The van der Waals surface area contributed by atoms with Crippen molar-refractivity contribution in [2.45, 2.75) is 0 Å². The molecule has 0 saturated carbocycles. The highest BCUT2D eigenvalue weighted by Gasteiger charge is 2.07. The smallest absolute Gasteiger partial charge is 0.411 e. The van der Waals surface area contributed by atoms with Crippen molar-refractivity contribution >= 4 is 18.1 Å². The molecule has 0 aliphatic rings. The van der Waals surface area contributed by atoms with Gasteiger partial charge < -0.3 is 9.47 Å². The summed E-state index contributed by atoms with van der Waals surface area (Å²) in [5, 5.41) is 2.45. The first kappa shape index (κ1) is 12.8. The van der Waals surface area contributed by atoms with Gasteiger partial charge in [-0.2, -0.15) is 0 Å². The lowest BCUT2D eigenvalue weighted by molar-refractivity contribution is 0.112. The SMILES string of the molecule is C=CCOC(=O)Nc1ccc(OC)cc1C=O. The normalized spacial score (nSPS) is 9.24. The van der Waals surface area contributed by atoms with Gasteiger partial charge in [-0.3, -0.25) is 10.1 Å². The zero-order valence-corrected chi connectivity index (χ0v) is 9.43. The van der Waals surface area contributed by atoms with Gasteiger partial charge >= 0.3 is 6.09 Å². The number of benzene rings is 1. The molecule has 90 valence electrons. The predicted molar refractivity (Wildman–Crippen MR) is 63.5 cm³/mol. The molecule has 17 heavy (non-hydrogen) atoms. The molecule has 0 radical (unpaired) electrons. The van der Waals surface area contributed by atoms with E-state index in [2.05, 4.69) is 11.9 Å². The van der Waals surface area contributed by atoms with E-state index in [0.717, 1.165) is 0 Å². The van der Waals surface area contributed by atoms with Gasteiger partial charge in [0.05, 0.1) is 12.8 Å². The maximum Gasteiger partial charge on any atom is 0.411 e. The van der Waals surface area contributed by atoms with Crippen LogP contribution in [0.3, 0.4) is 0 Å². The fraction of sp³-hybridized carbons (Fsp3) is 0.167. The first-order valence-electron chi connectivity index (χ1n) is 4.89. The van der Waals surface area contributed by atoms with Crippen LogP contribution in [0.2, 0.25) is 0 Å². The molecule has 0 aliphatic carbocycles. The van der Waals surface area contributed by atoms with E-state index in [0.29, 0.717) is 23.3 Å². The minimum absolute atomic E-state index is 0.110. The summed E-state index contributed by atoms with van der Waals surface area (Å²) in [5.41, 5.74) is 0.690. The Morgan fingerprint density at radius 3 is 2.88 bits per heavy atom. The van der Waals surface area contributed by atoms with E-state index in [4.69, 9.17) is 9.47 Å². The van der Waals surface area contributed by atoms with E-state index in [1.165, 1.54) is 19.3 Å². The Morgan fingerprint density at radius 1 is 1.53 bits per heavy atom. The molecule has 0 bridgehead atoms. The van der Waals surface area contributed by atoms with Crippen LogP contribution in [0.25, 0.3) is 0 Å². The Balaban J connectivity index is 2.79. The molecule has 1 aromatic carbocycles. The number of amides is 1. The van der Waals surface area contributed by atoms with Crippen LogP contribution in [0.4, 0.5) is 10.5 Å². The van der Waals surface area contributed by atoms with Crippen LogP contribution in [0.5, 0.6) is 5.75 Å². The average Bonchev–Trinajstić information content (AvgIpc) is 2.36. The summed E-state index contributed by atoms with van der Waals surface area (Å²) < 4.78 is 9.70. The Morgan fingerprint density at radius 2 is 2.29 bits per heavy atom. The second kappa shape index (κ2) is 6.32. The molecule has 0 aromatic heterocycles. The molecular weight excluding hydrogens is 222 g/mol. The van der Waals surface area contributed by atoms with Gasteiger partial charge in [-0.1, -0.05) is 12.7 Å². The van der Waals surface area contributed by atoms with Crippen molar-refractivity contribution in [1.82, 2.24) is 0 Å². The summed E-state index contributed by atoms with van der Waals surface area (Å²) in [6.45, 7) is 3.53. The highest BCUT2D eigenvalue weighted by molar-refractivity contribution is 5.93. The molecule has 0 unspecified atom stereocenters. The van der Waals surface area contributed by atoms with Crippen LogP contribution in [0, 0.1) is 0 Å². The van der Waals surface area contributed by atoms with Gasteiger partial charge in [-0.05, 0) is 18.2 Å². The number of methoxy groups -OCH3 is 1. The van der Waals surface area contributed by atoms with Crippen molar-refractivity contribution in [3.05, 3.63) is 36.4 Å².